The molecule has 8 heteroatoms. The summed E-state index contributed by atoms with van der Waals surface area (Å²) in [5.74, 6) is -0.627. The molecule has 1 amide bonds. The highest BCUT2D eigenvalue weighted by Gasteiger charge is 2.15. The smallest absolute Gasteiger partial charge is 0.293 e. The first kappa shape index (κ1) is 17.7. The lowest BCUT2D eigenvalue weighted by atomic mass is 10.2. The largest absolute Gasteiger partial charge is 0.451 e. The van der Waals surface area contributed by atoms with E-state index in [9.17, 15) is 9.59 Å². The van der Waals surface area contributed by atoms with Crippen molar-refractivity contribution in [3.63, 3.8) is 0 Å². The fourth-order valence-electron chi connectivity index (χ4n) is 2.49. The summed E-state index contributed by atoms with van der Waals surface area (Å²) < 4.78 is 5.53. The number of rotatable bonds is 3. The molecular formula is C19H10Cl2N2O3S. The monoisotopic (exact) mass is 416 g/mol. The number of nitrogens with one attached hydrogen (secondary N) is 1. The van der Waals surface area contributed by atoms with Crippen molar-refractivity contribution in [2.24, 2.45) is 0 Å². The second-order valence-electron chi connectivity index (χ2n) is 5.59. The van der Waals surface area contributed by atoms with E-state index in [1.54, 1.807) is 47.8 Å². The van der Waals surface area contributed by atoms with Gasteiger partial charge in [0.05, 0.1) is 21.1 Å². The summed E-state index contributed by atoms with van der Waals surface area (Å²) in [6.07, 6.45) is 0. The standard InChI is InChI=1S/C19H10Cl2N2O3S/c20-12-6-5-10(7-13(12)21)14-9-27-19(22-14)23-18(25)17-8-15(24)11-3-1-2-4-16(11)26-17/h1-9H,(H,22,23,25). The van der Waals surface area contributed by atoms with Gasteiger partial charge in [0.25, 0.3) is 5.91 Å². The van der Waals surface area contributed by atoms with E-state index in [1.165, 1.54) is 17.4 Å². The summed E-state index contributed by atoms with van der Waals surface area (Å²) in [6.45, 7) is 0. The van der Waals surface area contributed by atoms with E-state index in [0.29, 0.717) is 31.8 Å². The number of hydrogen-bond acceptors (Lipinski definition) is 5. The molecule has 2 heterocycles. The molecule has 0 aliphatic carbocycles. The number of halogens is 2. The fourth-order valence-corrected chi connectivity index (χ4v) is 3.51. The number of carbonyl (C=O) groups excluding carboxylic acids is 1. The van der Waals surface area contributed by atoms with Gasteiger partial charge in [0.15, 0.2) is 16.3 Å². The van der Waals surface area contributed by atoms with Crippen LogP contribution in [0.1, 0.15) is 10.6 Å². The van der Waals surface area contributed by atoms with Crippen LogP contribution in [0, 0.1) is 0 Å². The van der Waals surface area contributed by atoms with Gasteiger partial charge in [-0.05, 0) is 24.3 Å². The van der Waals surface area contributed by atoms with E-state index < -0.39 is 5.91 Å². The minimum absolute atomic E-state index is 0.0787. The molecule has 5 nitrogen and oxygen atoms in total. The van der Waals surface area contributed by atoms with E-state index in [-0.39, 0.29) is 11.2 Å². The van der Waals surface area contributed by atoms with Gasteiger partial charge in [-0.15, -0.1) is 11.3 Å². The predicted octanol–water partition coefficient (Wildman–Crippen LogP) is 5.48. The molecule has 0 spiro atoms. The van der Waals surface area contributed by atoms with Crippen LogP contribution >= 0.6 is 34.5 Å². The summed E-state index contributed by atoms with van der Waals surface area (Å²) in [6, 6.07) is 13.1. The maximum absolute atomic E-state index is 12.4. The van der Waals surface area contributed by atoms with Crippen LogP contribution in [0.25, 0.3) is 22.2 Å². The lowest BCUT2D eigenvalue weighted by Crippen LogP contribution is -2.14. The van der Waals surface area contributed by atoms with Crippen LogP contribution in [-0.2, 0) is 0 Å². The number of fused-ring (bicyclic) bond motifs is 1. The maximum Gasteiger partial charge on any atom is 0.293 e. The second-order valence-corrected chi connectivity index (χ2v) is 7.26. The number of hydrogen-bond donors (Lipinski definition) is 1. The Kier molecular flexibility index (Phi) is 4.70. The molecule has 0 aliphatic rings. The summed E-state index contributed by atoms with van der Waals surface area (Å²) in [7, 11) is 0. The van der Waals surface area contributed by atoms with Gasteiger partial charge in [-0.3, -0.25) is 14.9 Å². The molecule has 4 rings (SSSR count). The Bertz CT molecular complexity index is 1230. The molecule has 0 saturated heterocycles. The molecule has 0 unspecified atom stereocenters. The normalized spacial score (nSPS) is 10.9. The highest BCUT2D eigenvalue weighted by Crippen LogP contribution is 2.30. The van der Waals surface area contributed by atoms with E-state index in [4.69, 9.17) is 27.6 Å². The summed E-state index contributed by atoms with van der Waals surface area (Å²) >= 11 is 13.2. The van der Waals surface area contributed by atoms with E-state index in [1.807, 2.05) is 0 Å². The molecule has 2 aromatic heterocycles. The molecule has 0 bridgehead atoms. The van der Waals surface area contributed by atoms with Crippen LogP contribution in [0.15, 0.2) is 63.1 Å². The van der Waals surface area contributed by atoms with Crippen LogP contribution in [0.5, 0.6) is 0 Å². The Hall–Kier alpha value is -2.67. The van der Waals surface area contributed by atoms with Crippen molar-refractivity contribution in [3.05, 3.63) is 79.9 Å². The van der Waals surface area contributed by atoms with Gasteiger partial charge in [0.2, 0.25) is 0 Å². The lowest BCUT2D eigenvalue weighted by Gasteiger charge is -2.03. The zero-order valence-electron chi connectivity index (χ0n) is 13.5. The van der Waals surface area contributed by atoms with Crippen LogP contribution in [0.3, 0.4) is 0 Å². The van der Waals surface area contributed by atoms with Crippen LogP contribution < -0.4 is 10.7 Å². The van der Waals surface area contributed by atoms with Crippen LogP contribution in [-0.4, -0.2) is 10.9 Å². The number of nitrogens with zero attached hydrogens (tertiary/aromatic N) is 1. The molecule has 1 N–H and O–H groups in total. The summed E-state index contributed by atoms with van der Waals surface area (Å²) in [5, 5.41) is 6.10. The Labute approximate surface area is 167 Å². The van der Waals surface area contributed by atoms with Crippen LogP contribution in [0.4, 0.5) is 5.13 Å². The third-order valence-electron chi connectivity index (χ3n) is 3.80. The highest BCUT2D eigenvalue weighted by molar-refractivity contribution is 7.14. The first-order valence-electron chi connectivity index (χ1n) is 7.76. The van der Waals surface area contributed by atoms with Gasteiger partial charge in [0.1, 0.15) is 5.58 Å². The molecular weight excluding hydrogens is 407 g/mol. The Balaban J connectivity index is 1.59. The van der Waals surface area contributed by atoms with Gasteiger partial charge in [-0.25, -0.2) is 4.98 Å². The van der Waals surface area contributed by atoms with E-state index in [0.717, 1.165) is 5.56 Å². The third kappa shape index (κ3) is 3.60. The zero-order valence-corrected chi connectivity index (χ0v) is 15.9. The topological polar surface area (TPSA) is 72.2 Å². The third-order valence-corrected chi connectivity index (χ3v) is 5.30. The molecule has 27 heavy (non-hydrogen) atoms. The molecule has 0 radical (unpaired) electrons. The molecule has 0 saturated carbocycles. The second kappa shape index (κ2) is 7.15. The van der Waals surface area contributed by atoms with Crippen molar-refractivity contribution in [1.82, 2.24) is 4.98 Å². The molecule has 4 aromatic rings. The van der Waals surface area contributed by atoms with Gasteiger partial charge in [-0.1, -0.05) is 41.4 Å². The maximum atomic E-state index is 12.4. The minimum atomic E-state index is -0.548. The van der Waals surface area contributed by atoms with Crippen molar-refractivity contribution >= 4 is 56.5 Å². The van der Waals surface area contributed by atoms with Gasteiger partial charge < -0.3 is 4.42 Å². The fraction of sp³-hybridized carbons (Fsp3) is 0. The number of anilines is 1. The van der Waals surface area contributed by atoms with Gasteiger partial charge in [-0.2, -0.15) is 0 Å². The molecule has 0 aliphatic heterocycles. The predicted molar refractivity (Wildman–Crippen MR) is 108 cm³/mol. The van der Waals surface area contributed by atoms with E-state index >= 15 is 0 Å². The zero-order chi connectivity index (χ0) is 19.0. The SMILES string of the molecule is O=C(Nc1nc(-c2ccc(Cl)c(Cl)c2)cs1)c1cc(=O)c2ccccc2o1. The molecule has 0 fully saturated rings. The van der Waals surface area contributed by atoms with Crippen molar-refractivity contribution in [2.75, 3.05) is 5.32 Å². The molecule has 134 valence electrons. The van der Waals surface area contributed by atoms with E-state index in [2.05, 4.69) is 10.3 Å². The molecule has 0 atom stereocenters. The Morgan fingerprint density at radius 1 is 1.07 bits per heavy atom. The average molecular weight is 417 g/mol. The average Bonchev–Trinajstić information content (AvgIpc) is 3.12. The number of thiazole rings is 1. The highest BCUT2D eigenvalue weighted by atomic mass is 35.5. The number of amides is 1. The minimum Gasteiger partial charge on any atom is -0.451 e. The van der Waals surface area contributed by atoms with Gasteiger partial charge in [0, 0.05) is 17.0 Å². The first-order chi connectivity index (χ1) is 13.0. The van der Waals surface area contributed by atoms with Gasteiger partial charge >= 0.3 is 0 Å². The van der Waals surface area contributed by atoms with Crippen molar-refractivity contribution in [1.29, 1.82) is 0 Å². The molecule has 2 aromatic carbocycles. The van der Waals surface area contributed by atoms with Crippen molar-refractivity contribution < 1.29 is 9.21 Å². The lowest BCUT2D eigenvalue weighted by molar-refractivity contribution is 0.0997. The summed E-state index contributed by atoms with van der Waals surface area (Å²) in [5.41, 5.74) is 1.50. The van der Waals surface area contributed by atoms with Crippen molar-refractivity contribution in [3.8, 4) is 11.3 Å². The summed E-state index contributed by atoms with van der Waals surface area (Å²) in [4.78, 5) is 28.9. The Morgan fingerprint density at radius 2 is 1.89 bits per heavy atom. The number of aromatic nitrogens is 1. The van der Waals surface area contributed by atoms with Crippen molar-refractivity contribution in [2.45, 2.75) is 0 Å². The number of benzene rings is 2. The number of para-hydroxylation sites is 1. The Morgan fingerprint density at radius 3 is 2.70 bits per heavy atom. The first-order valence-corrected chi connectivity index (χ1v) is 9.40. The number of carbonyl (C=O) groups is 1. The quantitative estimate of drug-likeness (QED) is 0.480. The van der Waals surface area contributed by atoms with Crippen LogP contribution in [0.2, 0.25) is 10.0 Å².